The summed E-state index contributed by atoms with van der Waals surface area (Å²) in [5.41, 5.74) is 5.27. The largest absolute Gasteiger partial charge is 0.368 e. The van der Waals surface area contributed by atoms with Crippen LogP contribution >= 0.6 is 45.2 Å². The highest BCUT2D eigenvalue weighted by Gasteiger charge is 2.36. The van der Waals surface area contributed by atoms with E-state index in [-0.39, 0.29) is 17.7 Å². The quantitative estimate of drug-likeness (QED) is 0.348. The number of primary amides is 1. The first kappa shape index (κ1) is 22.8. The first-order valence-electron chi connectivity index (χ1n) is 8.74. The second-order valence-corrected chi connectivity index (χ2v) is 8.69. The number of carbonyl (C=O) groups excluding carboxylic acids is 4. The van der Waals surface area contributed by atoms with Gasteiger partial charge in [0.25, 0.3) is 0 Å². The zero-order valence-corrected chi connectivity index (χ0v) is 19.5. The molecule has 0 bridgehead atoms. The number of aromatic nitrogens is 2. The highest BCUT2D eigenvalue weighted by atomic mass is 127. The molecule has 4 amide bonds. The van der Waals surface area contributed by atoms with Gasteiger partial charge in [-0.05, 0) is 71.4 Å². The summed E-state index contributed by atoms with van der Waals surface area (Å²) in [7, 11) is 0. The van der Waals surface area contributed by atoms with Crippen LogP contribution in [0.1, 0.15) is 32.6 Å². The van der Waals surface area contributed by atoms with Crippen LogP contribution in [0.15, 0.2) is 6.20 Å². The van der Waals surface area contributed by atoms with Gasteiger partial charge in [0.05, 0.1) is 9.90 Å². The molecule has 10 nitrogen and oxygen atoms in total. The van der Waals surface area contributed by atoms with Gasteiger partial charge < -0.3 is 26.3 Å². The molecule has 0 spiro atoms. The zero-order chi connectivity index (χ0) is 20.8. The lowest BCUT2D eigenvalue weighted by atomic mass is 10.1. The normalized spacial score (nSPS) is 22.1. The van der Waals surface area contributed by atoms with Crippen LogP contribution in [0.25, 0.3) is 0 Å². The summed E-state index contributed by atoms with van der Waals surface area (Å²) in [5, 5.41) is 5.13. The number of amides is 4. The average Bonchev–Trinajstić information content (AvgIpc) is 3.35. The summed E-state index contributed by atoms with van der Waals surface area (Å²) in [5.74, 6) is -1.39. The van der Waals surface area contributed by atoms with E-state index in [9.17, 15) is 19.2 Å². The summed E-state index contributed by atoms with van der Waals surface area (Å²) < 4.78 is 2.03. The van der Waals surface area contributed by atoms with Crippen LogP contribution < -0.4 is 16.4 Å². The van der Waals surface area contributed by atoms with E-state index in [2.05, 4.69) is 65.8 Å². The summed E-state index contributed by atoms with van der Waals surface area (Å²) in [4.78, 5) is 55.0. The Morgan fingerprint density at radius 2 is 2.07 bits per heavy atom. The van der Waals surface area contributed by atoms with Crippen molar-refractivity contribution in [2.75, 3.05) is 6.54 Å². The Kier molecular flexibility index (Phi) is 8.45. The molecule has 28 heavy (non-hydrogen) atoms. The summed E-state index contributed by atoms with van der Waals surface area (Å²) in [6.45, 7) is 2.03. The number of aromatic amines is 1. The zero-order valence-electron chi connectivity index (χ0n) is 15.2. The first-order valence-corrected chi connectivity index (χ1v) is 10.9. The maximum absolute atomic E-state index is 12.3. The van der Waals surface area contributed by atoms with Gasteiger partial charge in [0, 0.05) is 13.0 Å². The highest BCUT2D eigenvalue weighted by Crippen LogP contribution is 2.18. The maximum Gasteiger partial charge on any atom is 0.245 e. The Hall–Kier alpha value is -1.45. The van der Waals surface area contributed by atoms with Crippen LogP contribution in [-0.4, -0.2) is 63.2 Å². The Morgan fingerprint density at radius 3 is 2.54 bits per heavy atom. The number of likely N-dealkylation sites (tertiary alicyclic amines) is 1. The predicted octanol–water partition coefficient (Wildman–Crippen LogP) is -0.135. The SMILES string of the molecule is CC(NC(=O)C1CCC(=O)N1)C(=O)N1CCCC1C(N)=O.Ic1cnc(I)[nH]1. The molecule has 2 saturated heterocycles. The third-order valence-corrected chi connectivity index (χ3v) is 5.52. The number of nitrogens with one attached hydrogen (secondary N) is 3. The number of H-pyrrole nitrogens is 1. The van der Waals surface area contributed by atoms with E-state index in [1.807, 2.05) is 0 Å². The molecule has 1 aromatic rings. The van der Waals surface area contributed by atoms with Gasteiger partial charge in [0.1, 0.15) is 18.1 Å². The van der Waals surface area contributed by atoms with Gasteiger partial charge in [-0.2, -0.15) is 0 Å². The molecular weight excluding hydrogens is 594 g/mol. The van der Waals surface area contributed by atoms with E-state index < -0.39 is 24.0 Å². The van der Waals surface area contributed by atoms with E-state index in [1.54, 1.807) is 13.1 Å². The third-order valence-electron chi connectivity index (χ3n) is 4.42. The molecule has 0 aliphatic carbocycles. The van der Waals surface area contributed by atoms with E-state index in [4.69, 9.17) is 5.73 Å². The summed E-state index contributed by atoms with van der Waals surface area (Å²) >= 11 is 4.31. The molecule has 12 heteroatoms. The number of nitrogens with two attached hydrogens (primary N) is 1. The molecule has 3 rings (SSSR count). The van der Waals surface area contributed by atoms with Gasteiger partial charge in [0.15, 0.2) is 3.83 Å². The van der Waals surface area contributed by atoms with Gasteiger partial charge in [-0.1, -0.05) is 0 Å². The number of halogens is 2. The fourth-order valence-electron chi connectivity index (χ4n) is 3.04. The number of nitrogens with zero attached hydrogens (tertiary/aromatic N) is 2. The molecule has 3 unspecified atom stereocenters. The Morgan fingerprint density at radius 1 is 1.36 bits per heavy atom. The standard InChI is InChI=1S/C13H20N4O4.C3H2I2N2/c1-7(15-12(20)8-4-5-10(18)16-8)13(21)17-6-2-3-9(17)11(14)19;4-2-1-6-3(5)7-2/h7-9H,2-6H2,1H3,(H2,14,19)(H,15,20)(H,16,18);1H,(H,6,7). The van der Waals surface area contributed by atoms with Gasteiger partial charge >= 0.3 is 0 Å². The van der Waals surface area contributed by atoms with Crippen LogP contribution in [0.2, 0.25) is 0 Å². The number of hydrogen-bond donors (Lipinski definition) is 4. The van der Waals surface area contributed by atoms with Crippen molar-refractivity contribution in [1.82, 2.24) is 25.5 Å². The highest BCUT2D eigenvalue weighted by molar-refractivity contribution is 14.1. The second-order valence-electron chi connectivity index (χ2n) is 6.50. The van der Waals surface area contributed by atoms with Gasteiger partial charge in [-0.3, -0.25) is 19.2 Å². The number of rotatable bonds is 4. The van der Waals surface area contributed by atoms with Gasteiger partial charge in [0.2, 0.25) is 23.6 Å². The monoisotopic (exact) mass is 616 g/mol. The molecule has 3 heterocycles. The van der Waals surface area contributed by atoms with Crippen molar-refractivity contribution in [1.29, 1.82) is 0 Å². The topological polar surface area (TPSA) is 150 Å². The summed E-state index contributed by atoms with van der Waals surface area (Å²) in [6.07, 6.45) is 3.82. The van der Waals surface area contributed by atoms with Crippen LogP contribution in [-0.2, 0) is 19.2 Å². The number of hydrogen-bond acceptors (Lipinski definition) is 5. The Balaban J connectivity index is 0.000000336. The first-order chi connectivity index (χ1) is 13.2. The number of carbonyl (C=O) groups is 4. The lowest BCUT2D eigenvalue weighted by Gasteiger charge is -2.26. The Labute approximate surface area is 189 Å². The van der Waals surface area contributed by atoms with Crippen LogP contribution in [0.5, 0.6) is 0 Å². The van der Waals surface area contributed by atoms with Crippen molar-refractivity contribution in [3.63, 3.8) is 0 Å². The molecule has 0 radical (unpaired) electrons. The van der Waals surface area contributed by atoms with Crippen LogP contribution in [0.4, 0.5) is 0 Å². The van der Waals surface area contributed by atoms with Crippen molar-refractivity contribution in [3.8, 4) is 0 Å². The van der Waals surface area contributed by atoms with Crippen molar-refractivity contribution >= 4 is 68.8 Å². The minimum Gasteiger partial charge on any atom is -0.368 e. The van der Waals surface area contributed by atoms with Crippen molar-refractivity contribution in [3.05, 3.63) is 13.7 Å². The molecule has 1 aromatic heterocycles. The average molecular weight is 616 g/mol. The predicted molar refractivity (Wildman–Crippen MR) is 117 cm³/mol. The molecule has 0 aromatic carbocycles. The molecule has 2 aliphatic heterocycles. The van der Waals surface area contributed by atoms with E-state index in [0.29, 0.717) is 25.8 Å². The lowest BCUT2D eigenvalue weighted by Crippen LogP contribution is -2.54. The molecule has 2 fully saturated rings. The molecule has 5 N–H and O–H groups in total. The fraction of sp³-hybridized carbons (Fsp3) is 0.562. The molecule has 0 saturated carbocycles. The third kappa shape index (κ3) is 6.28. The minimum absolute atomic E-state index is 0.164. The fourth-order valence-corrected chi connectivity index (χ4v) is 4.38. The van der Waals surface area contributed by atoms with Crippen LogP contribution in [0.3, 0.4) is 0 Å². The van der Waals surface area contributed by atoms with Crippen LogP contribution in [0, 0.1) is 7.53 Å². The number of imidazole rings is 1. The lowest BCUT2D eigenvalue weighted by molar-refractivity contribution is -0.140. The van der Waals surface area contributed by atoms with Crippen molar-refractivity contribution in [2.45, 2.75) is 50.7 Å². The van der Waals surface area contributed by atoms with Crippen molar-refractivity contribution in [2.24, 2.45) is 5.73 Å². The minimum atomic E-state index is -0.755. The molecule has 154 valence electrons. The van der Waals surface area contributed by atoms with E-state index in [0.717, 1.165) is 14.0 Å². The van der Waals surface area contributed by atoms with Gasteiger partial charge in [-0.15, -0.1) is 0 Å². The summed E-state index contributed by atoms with van der Waals surface area (Å²) in [6, 6.07) is -1.93. The second kappa shape index (κ2) is 10.4. The van der Waals surface area contributed by atoms with E-state index >= 15 is 0 Å². The smallest absolute Gasteiger partial charge is 0.245 e. The Bertz CT molecular complexity index is 739. The van der Waals surface area contributed by atoms with Gasteiger partial charge in [-0.25, -0.2) is 4.98 Å². The molecule has 2 aliphatic rings. The van der Waals surface area contributed by atoms with Crippen molar-refractivity contribution < 1.29 is 19.2 Å². The molecular formula is C16H22I2N6O4. The molecule has 3 atom stereocenters. The van der Waals surface area contributed by atoms with E-state index in [1.165, 1.54) is 4.90 Å². The maximum atomic E-state index is 12.3.